The van der Waals surface area contributed by atoms with E-state index < -0.39 is 12.1 Å². The number of carbonyl (C=O) groups is 2. The molecule has 0 radical (unpaired) electrons. The molecule has 2 fully saturated rings. The van der Waals surface area contributed by atoms with Crippen LogP contribution in [0.4, 0.5) is 0 Å². The molecule has 2 aliphatic rings. The molecule has 2 saturated heterocycles. The molecule has 2 amide bonds. The number of benzene rings is 1. The van der Waals surface area contributed by atoms with Crippen molar-refractivity contribution >= 4 is 23.2 Å². The van der Waals surface area contributed by atoms with E-state index in [4.69, 9.17) is 4.74 Å². The largest absolute Gasteiger partial charge is 0.490 e. The summed E-state index contributed by atoms with van der Waals surface area (Å²) in [6.07, 6.45) is 1.60. The SMILES string of the molecule is Cc1ncsc1-c1ccc(CNC(=O)C2CC(O)CN2C(=O)C(C)C(C)C)c(OC2CCN(C)CC2)c1. The number of aromatic nitrogens is 1. The van der Waals surface area contributed by atoms with E-state index in [1.54, 1.807) is 16.2 Å². The molecule has 2 aromatic rings. The quantitative estimate of drug-likeness (QED) is 0.545. The number of ether oxygens (including phenoxy) is 1. The van der Waals surface area contributed by atoms with Crippen LogP contribution in [-0.2, 0) is 16.1 Å². The lowest BCUT2D eigenvalue weighted by atomic mass is 9.96. The topological polar surface area (TPSA) is 95.0 Å². The minimum atomic E-state index is -0.690. The van der Waals surface area contributed by atoms with Crippen LogP contribution in [0.2, 0.25) is 0 Å². The highest BCUT2D eigenvalue weighted by atomic mass is 32.1. The Morgan fingerprint density at radius 1 is 1.24 bits per heavy atom. The normalized spacial score (nSPS) is 21.9. The first-order valence-electron chi connectivity index (χ1n) is 13.3. The first kappa shape index (κ1) is 27.5. The molecule has 1 aromatic heterocycles. The number of nitrogens with zero attached hydrogens (tertiary/aromatic N) is 3. The lowest BCUT2D eigenvalue weighted by molar-refractivity contribution is -0.142. The summed E-state index contributed by atoms with van der Waals surface area (Å²) >= 11 is 1.60. The molecule has 0 saturated carbocycles. The van der Waals surface area contributed by atoms with E-state index >= 15 is 0 Å². The fourth-order valence-electron chi connectivity index (χ4n) is 4.97. The van der Waals surface area contributed by atoms with Crippen LogP contribution >= 0.6 is 11.3 Å². The molecule has 0 aliphatic carbocycles. The van der Waals surface area contributed by atoms with Crippen molar-refractivity contribution in [2.75, 3.05) is 26.7 Å². The fraction of sp³-hybridized carbons (Fsp3) is 0.607. The van der Waals surface area contributed by atoms with E-state index in [1.165, 1.54) is 0 Å². The highest BCUT2D eigenvalue weighted by Crippen LogP contribution is 2.33. The van der Waals surface area contributed by atoms with Crippen LogP contribution in [0.1, 0.15) is 51.3 Å². The van der Waals surface area contributed by atoms with Gasteiger partial charge in [0.1, 0.15) is 17.9 Å². The molecule has 202 valence electrons. The zero-order valence-electron chi connectivity index (χ0n) is 22.6. The van der Waals surface area contributed by atoms with Crippen LogP contribution in [-0.4, -0.2) is 76.6 Å². The molecule has 0 bridgehead atoms. The van der Waals surface area contributed by atoms with Gasteiger partial charge in [-0.05, 0) is 44.4 Å². The first-order chi connectivity index (χ1) is 17.6. The summed E-state index contributed by atoms with van der Waals surface area (Å²) < 4.78 is 6.51. The number of β-amino-alcohol motifs (C(OH)–C–C–N with tert-alkyl or cyclic N) is 1. The van der Waals surface area contributed by atoms with E-state index in [9.17, 15) is 14.7 Å². The molecule has 4 rings (SSSR count). The molecular weight excluding hydrogens is 488 g/mol. The standard InChI is InChI=1S/C28H40N4O4S/c1-17(2)18(3)28(35)32-15-22(33)13-24(32)27(34)29-14-21-7-6-20(26-19(4)30-16-37-26)12-25(21)36-23-8-10-31(5)11-9-23/h6-7,12,16-18,22-24,33H,8-11,13-15H2,1-5H3,(H,29,34). The lowest BCUT2D eigenvalue weighted by Gasteiger charge is -2.30. The summed E-state index contributed by atoms with van der Waals surface area (Å²) in [5.41, 5.74) is 4.78. The third-order valence-electron chi connectivity index (χ3n) is 7.74. The average molecular weight is 529 g/mol. The number of piperidine rings is 1. The van der Waals surface area contributed by atoms with Gasteiger partial charge in [-0.2, -0.15) is 0 Å². The highest BCUT2D eigenvalue weighted by molar-refractivity contribution is 7.13. The van der Waals surface area contributed by atoms with Crippen molar-refractivity contribution in [1.82, 2.24) is 20.1 Å². The first-order valence-corrected chi connectivity index (χ1v) is 14.2. The number of nitrogens with one attached hydrogen (secondary N) is 1. The number of thiazole rings is 1. The summed E-state index contributed by atoms with van der Waals surface area (Å²) in [7, 11) is 2.13. The third-order valence-corrected chi connectivity index (χ3v) is 8.72. The third kappa shape index (κ3) is 6.51. The number of likely N-dealkylation sites (tertiary alicyclic amines) is 2. The maximum Gasteiger partial charge on any atom is 0.243 e. The molecule has 3 heterocycles. The molecule has 3 unspecified atom stereocenters. The number of carbonyl (C=O) groups excluding carboxylic acids is 2. The van der Waals surface area contributed by atoms with Crippen molar-refractivity contribution in [1.29, 1.82) is 0 Å². The zero-order chi connectivity index (χ0) is 26.7. The maximum atomic E-state index is 13.2. The van der Waals surface area contributed by atoms with Crippen molar-refractivity contribution < 1.29 is 19.4 Å². The van der Waals surface area contributed by atoms with Crippen LogP contribution in [0.25, 0.3) is 10.4 Å². The van der Waals surface area contributed by atoms with Gasteiger partial charge in [0.2, 0.25) is 11.8 Å². The monoisotopic (exact) mass is 528 g/mol. The second-order valence-electron chi connectivity index (χ2n) is 10.9. The predicted octanol–water partition coefficient (Wildman–Crippen LogP) is 3.46. The summed E-state index contributed by atoms with van der Waals surface area (Å²) in [6, 6.07) is 5.44. The van der Waals surface area contributed by atoms with Gasteiger partial charge in [-0.15, -0.1) is 11.3 Å². The molecule has 1 aromatic carbocycles. The van der Waals surface area contributed by atoms with E-state index in [0.717, 1.165) is 53.4 Å². The van der Waals surface area contributed by atoms with E-state index in [2.05, 4.69) is 28.3 Å². The van der Waals surface area contributed by atoms with Gasteiger partial charge in [0.15, 0.2) is 0 Å². The van der Waals surface area contributed by atoms with Gasteiger partial charge < -0.3 is 25.0 Å². The second-order valence-corrected chi connectivity index (χ2v) is 11.7. The van der Waals surface area contributed by atoms with Gasteiger partial charge in [-0.1, -0.05) is 32.9 Å². The molecule has 37 heavy (non-hydrogen) atoms. The number of aliphatic hydroxyl groups excluding tert-OH is 1. The van der Waals surface area contributed by atoms with Gasteiger partial charge in [0.25, 0.3) is 0 Å². The smallest absolute Gasteiger partial charge is 0.243 e. The summed E-state index contributed by atoms with van der Waals surface area (Å²) in [5.74, 6) is 0.399. The fourth-order valence-corrected chi connectivity index (χ4v) is 5.77. The summed E-state index contributed by atoms with van der Waals surface area (Å²) in [4.78, 5) is 35.6. The van der Waals surface area contributed by atoms with Crippen molar-refractivity contribution in [3.8, 4) is 16.2 Å². The van der Waals surface area contributed by atoms with Crippen LogP contribution in [0.5, 0.6) is 5.75 Å². The number of rotatable bonds is 8. The van der Waals surface area contributed by atoms with Crippen LogP contribution in [0.3, 0.4) is 0 Å². The predicted molar refractivity (Wildman–Crippen MR) is 145 cm³/mol. The molecular formula is C28H40N4O4S. The van der Waals surface area contributed by atoms with Crippen molar-refractivity contribution in [3.05, 3.63) is 35.0 Å². The number of hydrogen-bond donors (Lipinski definition) is 2. The average Bonchev–Trinajstić information content (AvgIpc) is 3.48. The van der Waals surface area contributed by atoms with E-state index in [0.29, 0.717) is 0 Å². The molecule has 8 nitrogen and oxygen atoms in total. The Morgan fingerprint density at radius 3 is 2.62 bits per heavy atom. The van der Waals surface area contributed by atoms with E-state index in [1.807, 2.05) is 45.3 Å². The van der Waals surface area contributed by atoms with Gasteiger partial charge >= 0.3 is 0 Å². The minimum absolute atomic E-state index is 0.0812. The zero-order valence-corrected chi connectivity index (χ0v) is 23.4. The van der Waals surface area contributed by atoms with Gasteiger partial charge in [0.05, 0.1) is 22.2 Å². The Bertz CT molecular complexity index is 1100. The summed E-state index contributed by atoms with van der Waals surface area (Å²) in [6.45, 7) is 10.3. The molecule has 9 heteroatoms. The number of aryl methyl sites for hydroxylation is 1. The summed E-state index contributed by atoms with van der Waals surface area (Å²) in [5, 5.41) is 13.3. The van der Waals surface area contributed by atoms with Crippen molar-refractivity contribution in [2.24, 2.45) is 11.8 Å². The van der Waals surface area contributed by atoms with Crippen LogP contribution in [0.15, 0.2) is 23.7 Å². The number of hydrogen-bond acceptors (Lipinski definition) is 7. The Kier molecular flexibility index (Phi) is 8.87. The van der Waals surface area contributed by atoms with Crippen molar-refractivity contribution in [3.63, 3.8) is 0 Å². The van der Waals surface area contributed by atoms with Crippen LogP contribution < -0.4 is 10.1 Å². The lowest BCUT2D eigenvalue weighted by Crippen LogP contribution is -2.48. The Labute approximate surface area is 224 Å². The number of aliphatic hydroxyl groups is 1. The Morgan fingerprint density at radius 2 is 1.97 bits per heavy atom. The van der Waals surface area contributed by atoms with Gasteiger partial charge in [0, 0.05) is 44.1 Å². The number of amides is 2. The maximum absolute atomic E-state index is 13.2. The second kappa shape index (κ2) is 11.9. The molecule has 0 spiro atoms. The highest BCUT2D eigenvalue weighted by Gasteiger charge is 2.40. The Balaban J connectivity index is 1.50. The minimum Gasteiger partial charge on any atom is -0.490 e. The Hall–Kier alpha value is -2.49. The molecule has 2 N–H and O–H groups in total. The van der Waals surface area contributed by atoms with Crippen LogP contribution in [0, 0.1) is 18.8 Å². The van der Waals surface area contributed by atoms with Crippen molar-refractivity contribution in [2.45, 2.75) is 71.8 Å². The van der Waals surface area contributed by atoms with E-state index in [-0.39, 0.29) is 49.3 Å². The van der Waals surface area contributed by atoms with Gasteiger partial charge in [-0.25, -0.2) is 4.98 Å². The molecule has 3 atom stereocenters. The molecule has 2 aliphatic heterocycles. The van der Waals surface area contributed by atoms with Gasteiger partial charge in [-0.3, -0.25) is 9.59 Å².